The van der Waals surface area contributed by atoms with Gasteiger partial charge >= 0.3 is 0 Å². The Morgan fingerprint density at radius 2 is 1.63 bits per heavy atom. The fourth-order valence-electron chi connectivity index (χ4n) is 2.50. The smallest absolute Gasteiger partial charge is 0.279 e. The molecular weight excluding hydrogens is 359 g/mol. The van der Waals surface area contributed by atoms with Gasteiger partial charge in [0.1, 0.15) is 0 Å². The zero-order chi connectivity index (χ0) is 20.0. The highest BCUT2D eigenvalue weighted by Gasteiger charge is 2.18. The molecule has 0 radical (unpaired) electrons. The van der Waals surface area contributed by atoms with Crippen molar-refractivity contribution >= 4 is 23.2 Å². The van der Waals surface area contributed by atoms with Crippen molar-refractivity contribution in [3.63, 3.8) is 0 Å². The fourth-order valence-corrected chi connectivity index (χ4v) is 2.50. The third-order valence-corrected chi connectivity index (χ3v) is 3.85. The molecule has 0 aromatic heterocycles. The van der Waals surface area contributed by atoms with Gasteiger partial charge in [0.05, 0.1) is 12.7 Å². The molecule has 1 atom stereocenters. The zero-order valence-corrected chi connectivity index (χ0v) is 15.0. The maximum absolute atomic E-state index is 13.6. The summed E-state index contributed by atoms with van der Waals surface area (Å²) in [5.74, 6) is -5.36. The Labute approximate surface area is 155 Å². The maximum Gasteiger partial charge on any atom is 0.279 e. The molecular formula is C19H21F3N3O2+. The van der Waals surface area contributed by atoms with Crippen molar-refractivity contribution in [2.75, 3.05) is 30.8 Å². The molecule has 0 saturated heterocycles. The molecule has 1 unspecified atom stereocenters. The molecule has 144 valence electrons. The van der Waals surface area contributed by atoms with Crippen LogP contribution in [-0.4, -0.2) is 32.0 Å². The van der Waals surface area contributed by atoms with Crippen LogP contribution in [0.5, 0.6) is 0 Å². The van der Waals surface area contributed by atoms with Gasteiger partial charge in [-0.2, -0.15) is 0 Å². The van der Waals surface area contributed by atoms with Gasteiger partial charge in [0.15, 0.2) is 30.5 Å². The lowest BCUT2D eigenvalue weighted by molar-refractivity contribution is -0.862. The lowest BCUT2D eigenvalue weighted by Crippen LogP contribution is -3.11. The number of aryl methyl sites for hydroxylation is 1. The van der Waals surface area contributed by atoms with Crippen molar-refractivity contribution in [1.82, 2.24) is 0 Å². The first kappa shape index (κ1) is 20.4. The molecule has 0 heterocycles. The van der Waals surface area contributed by atoms with Crippen molar-refractivity contribution in [1.29, 1.82) is 0 Å². The van der Waals surface area contributed by atoms with Crippen molar-refractivity contribution < 1.29 is 27.7 Å². The summed E-state index contributed by atoms with van der Waals surface area (Å²) in [5.41, 5.74) is 1.30. The van der Waals surface area contributed by atoms with E-state index in [1.54, 1.807) is 13.1 Å². The van der Waals surface area contributed by atoms with E-state index in [0.29, 0.717) is 10.6 Å². The van der Waals surface area contributed by atoms with Crippen LogP contribution in [0.3, 0.4) is 0 Å². The molecule has 2 amide bonds. The summed E-state index contributed by atoms with van der Waals surface area (Å²) in [6, 6.07) is 9.09. The minimum atomic E-state index is -1.65. The van der Waals surface area contributed by atoms with Gasteiger partial charge in [0, 0.05) is 5.69 Å². The first-order valence-electron chi connectivity index (χ1n) is 8.43. The number of likely N-dealkylation sites (N-methyl/N-ethyl adjacent to an activating group) is 1. The second-order valence-corrected chi connectivity index (χ2v) is 6.18. The lowest BCUT2D eigenvalue weighted by Gasteiger charge is -2.14. The van der Waals surface area contributed by atoms with E-state index in [1.165, 1.54) is 0 Å². The summed E-state index contributed by atoms with van der Waals surface area (Å²) in [4.78, 5) is 24.6. The van der Waals surface area contributed by atoms with Crippen LogP contribution in [0.15, 0.2) is 36.4 Å². The molecule has 27 heavy (non-hydrogen) atoms. The van der Waals surface area contributed by atoms with Crippen molar-refractivity contribution in [2.24, 2.45) is 0 Å². The van der Waals surface area contributed by atoms with Gasteiger partial charge in [-0.3, -0.25) is 9.59 Å². The highest BCUT2D eigenvalue weighted by atomic mass is 19.2. The third-order valence-electron chi connectivity index (χ3n) is 3.85. The van der Waals surface area contributed by atoms with Crippen LogP contribution < -0.4 is 15.5 Å². The van der Waals surface area contributed by atoms with Gasteiger partial charge < -0.3 is 15.5 Å². The highest BCUT2D eigenvalue weighted by Crippen LogP contribution is 2.19. The molecule has 8 heteroatoms. The summed E-state index contributed by atoms with van der Waals surface area (Å²) in [5, 5.41) is 4.92. The summed E-state index contributed by atoms with van der Waals surface area (Å²) in [6.45, 7) is 1.86. The van der Waals surface area contributed by atoms with E-state index in [2.05, 4.69) is 10.6 Å². The molecule has 2 aromatic rings. The summed E-state index contributed by atoms with van der Waals surface area (Å²) in [6.07, 6.45) is 0.843. The summed E-state index contributed by atoms with van der Waals surface area (Å²) in [7, 11) is 1.61. The average Bonchev–Trinajstić information content (AvgIpc) is 2.62. The van der Waals surface area contributed by atoms with Crippen molar-refractivity contribution in [2.45, 2.75) is 13.3 Å². The van der Waals surface area contributed by atoms with Crippen molar-refractivity contribution in [3.05, 3.63) is 59.4 Å². The number of anilines is 2. The second kappa shape index (κ2) is 9.18. The SMILES string of the molecule is CCc1cccc(NC(=O)C[NH+](C)CC(=O)Nc2ccc(F)c(F)c2F)c1. The monoisotopic (exact) mass is 380 g/mol. The van der Waals surface area contributed by atoms with Crippen LogP contribution in [0.4, 0.5) is 24.5 Å². The van der Waals surface area contributed by atoms with Crippen molar-refractivity contribution in [3.8, 4) is 0 Å². The fraction of sp³-hybridized carbons (Fsp3) is 0.263. The molecule has 0 spiro atoms. The molecule has 5 nitrogen and oxygen atoms in total. The Morgan fingerprint density at radius 3 is 2.30 bits per heavy atom. The number of halogens is 3. The number of rotatable bonds is 7. The van der Waals surface area contributed by atoms with E-state index < -0.39 is 29.0 Å². The van der Waals surface area contributed by atoms with E-state index in [9.17, 15) is 22.8 Å². The highest BCUT2D eigenvalue weighted by molar-refractivity contribution is 5.93. The molecule has 0 aliphatic heterocycles. The molecule has 0 aliphatic rings. The number of carbonyl (C=O) groups is 2. The molecule has 0 aliphatic carbocycles. The van der Waals surface area contributed by atoms with Gasteiger partial charge in [-0.1, -0.05) is 19.1 Å². The Balaban J connectivity index is 1.87. The first-order chi connectivity index (χ1) is 12.8. The van der Waals surface area contributed by atoms with Crippen LogP contribution in [0.1, 0.15) is 12.5 Å². The largest absolute Gasteiger partial charge is 0.322 e. The predicted molar refractivity (Wildman–Crippen MR) is 96.0 cm³/mol. The van der Waals surface area contributed by atoms with E-state index in [1.807, 2.05) is 25.1 Å². The summed E-state index contributed by atoms with van der Waals surface area (Å²) >= 11 is 0. The minimum absolute atomic E-state index is 0.00400. The second-order valence-electron chi connectivity index (χ2n) is 6.18. The number of amides is 2. The Morgan fingerprint density at radius 1 is 0.963 bits per heavy atom. The van der Waals surface area contributed by atoms with Crippen LogP contribution >= 0.6 is 0 Å². The lowest BCUT2D eigenvalue weighted by atomic mass is 10.1. The molecule has 0 bridgehead atoms. The standard InChI is InChI=1S/C19H20F3N3O2/c1-3-12-5-4-6-13(9-12)23-16(26)10-25(2)11-17(27)24-15-8-7-14(20)18(21)19(15)22/h4-9H,3,10-11H2,1-2H3,(H,23,26)(H,24,27)/p+1. The van der Waals surface area contributed by atoms with Crippen LogP contribution in [0.2, 0.25) is 0 Å². The number of hydrogen-bond donors (Lipinski definition) is 3. The Hall–Kier alpha value is -2.87. The van der Waals surface area contributed by atoms with Crippen LogP contribution in [-0.2, 0) is 16.0 Å². The van der Waals surface area contributed by atoms with E-state index in [4.69, 9.17) is 0 Å². The van der Waals surface area contributed by atoms with Crippen LogP contribution in [0.25, 0.3) is 0 Å². The van der Waals surface area contributed by atoms with E-state index in [0.717, 1.165) is 24.1 Å². The number of nitrogens with one attached hydrogen (secondary N) is 3. The van der Waals surface area contributed by atoms with Gasteiger partial charge in [-0.25, -0.2) is 13.2 Å². The third kappa shape index (κ3) is 5.82. The van der Waals surface area contributed by atoms with Gasteiger partial charge in [-0.15, -0.1) is 0 Å². The average molecular weight is 380 g/mol. The molecule has 3 N–H and O–H groups in total. The number of quaternary nitrogens is 1. The van der Waals surface area contributed by atoms with Crippen LogP contribution in [0, 0.1) is 17.5 Å². The molecule has 2 rings (SSSR count). The van der Waals surface area contributed by atoms with Gasteiger partial charge in [-0.05, 0) is 36.2 Å². The number of hydrogen-bond acceptors (Lipinski definition) is 2. The van der Waals surface area contributed by atoms with E-state index >= 15 is 0 Å². The maximum atomic E-state index is 13.6. The number of carbonyl (C=O) groups excluding carboxylic acids is 2. The molecule has 2 aromatic carbocycles. The minimum Gasteiger partial charge on any atom is -0.322 e. The van der Waals surface area contributed by atoms with Gasteiger partial charge in [0.25, 0.3) is 11.8 Å². The Bertz CT molecular complexity index is 843. The summed E-state index contributed by atoms with van der Waals surface area (Å²) < 4.78 is 39.7. The Kier molecular flexibility index (Phi) is 6.95. The topological polar surface area (TPSA) is 62.6 Å². The zero-order valence-electron chi connectivity index (χ0n) is 15.0. The molecule has 0 saturated carbocycles. The quantitative estimate of drug-likeness (QED) is 0.641. The van der Waals surface area contributed by atoms with E-state index in [-0.39, 0.29) is 19.0 Å². The van der Waals surface area contributed by atoms with Gasteiger partial charge in [0.2, 0.25) is 0 Å². The first-order valence-corrected chi connectivity index (χ1v) is 8.43. The number of benzene rings is 2. The molecule has 0 fully saturated rings. The normalized spacial score (nSPS) is 11.7. The predicted octanol–water partition coefficient (Wildman–Crippen LogP) is 1.76.